The predicted octanol–water partition coefficient (Wildman–Crippen LogP) is 3.21. The van der Waals surface area contributed by atoms with Gasteiger partial charge in [-0.25, -0.2) is 9.97 Å². The number of carbonyl (C=O) groups excluding carboxylic acids is 1. The Morgan fingerprint density at radius 1 is 1.04 bits per heavy atom. The van der Waals surface area contributed by atoms with Gasteiger partial charge in [-0.05, 0) is 30.2 Å². The fourth-order valence-corrected chi connectivity index (χ4v) is 2.63. The van der Waals surface area contributed by atoms with Gasteiger partial charge in [0, 0.05) is 18.8 Å². The molecule has 0 saturated heterocycles. The second-order valence-corrected chi connectivity index (χ2v) is 5.95. The second-order valence-electron chi connectivity index (χ2n) is 5.95. The van der Waals surface area contributed by atoms with Gasteiger partial charge in [0.15, 0.2) is 0 Å². The van der Waals surface area contributed by atoms with E-state index in [0.29, 0.717) is 29.7 Å². The molecule has 0 aliphatic heterocycles. The number of nitrogens with zero attached hydrogens (tertiary/aromatic N) is 2. The molecule has 2 N–H and O–H groups in total. The van der Waals surface area contributed by atoms with Crippen LogP contribution >= 0.6 is 0 Å². The maximum Gasteiger partial charge on any atom is 0.270 e. The van der Waals surface area contributed by atoms with Crippen molar-refractivity contribution >= 4 is 17.5 Å². The van der Waals surface area contributed by atoms with Gasteiger partial charge in [-0.1, -0.05) is 30.3 Å². The smallest absolute Gasteiger partial charge is 0.270 e. The molecule has 144 valence electrons. The normalized spacial score (nSPS) is 10.2. The number of nitrogens with one attached hydrogen (secondary N) is 2. The molecular formula is C21H22N4O3. The number of rotatable bonds is 8. The SMILES string of the molecule is COc1ccc(OC)c(Nc2nccc(C(=O)NCCc3ccccc3)n2)c1. The lowest BCUT2D eigenvalue weighted by atomic mass is 10.1. The maximum absolute atomic E-state index is 12.4. The van der Waals surface area contributed by atoms with Crippen LogP contribution in [-0.2, 0) is 6.42 Å². The van der Waals surface area contributed by atoms with Gasteiger partial charge in [0.2, 0.25) is 5.95 Å². The van der Waals surface area contributed by atoms with E-state index >= 15 is 0 Å². The number of hydrogen-bond acceptors (Lipinski definition) is 6. The lowest BCUT2D eigenvalue weighted by molar-refractivity contribution is 0.0949. The first-order valence-electron chi connectivity index (χ1n) is 8.84. The molecule has 1 heterocycles. The van der Waals surface area contributed by atoms with E-state index in [1.807, 2.05) is 30.3 Å². The summed E-state index contributed by atoms with van der Waals surface area (Å²) >= 11 is 0. The van der Waals surface area contributed by atoms with E-state index < -0.39 is 0 Å². The highest BCUT2D eigenvalue weighted by Gasteiger charge is 2.11. The molecule has 0 radical (unpaired) electrons. The van der Waals surface area contributed by atoms with Gasteiger partial charge in [0.05, 0.1) is 19.9 Å². The van der Waals surface area contributed by atoms with Gasteiger partial charge in [0.25, 0.3) is 5.91 Å². The van der Waals surface area contributed by atoms with Crippen LogP contribution < -0.4 is 20.1 Å². The third-order valence-electron chi connectivity index (χ3n) is 4.08. The highest BCUT2D eigenvalue weighted by molar-refractivity contribution is 5.92. The molecule has 1 aromatic heterocycles. The average molecular weight is 378 g/mol. The number of ether oxygens (including phenoxy) is 2. The fourth-order valence-electron chi connectivity index (χ4n) is 2.63. The summed E-state index contributed by atoms with van der Waals surface area (Å²) in [5.41, 5.74) is 2.09. The van der Waals surface area contributed by atoms with Gasteiger partial charge >= 0.3 is 0 Å². The molecule has 28 heavy (non-hydrogen) atoms. The summed E-state index contributed by atoms with van der Waals surface area (Å²) in [6.07, 6.45) is 2.29. The highest BCUT2D eigenvalue weighted by Crippen LogP contribution is 2.30. The van der Waals surface area contributed by atoms with Crippen LogP contribution in [-0.4, -0.2) is 36.6 Å². The van der Waals surface area contributed by atoms with Crippen LogP contribution in [0.2, 0.25) is 0 Å². The van der Waals surface area contributed by atoms with Crippen molar-refractivity contribution < 1.29 is 14.3 Å². The maximum atomic E-state index is 12.4. The molecule has 1 amide bonds. The second kappa shape index (κ2) is 9.36. The molecule has 0 bridgehead atoms. The number of carbonyl (C=O) groups is 1. The first-order chi connectivity index (χ1) is 13.7. The molecule has 0 atom stereocenters. The molecular weight excluding hydrogens is 356 g/mol. The summed E-state index contributed by atoms with van der Waals surface area (Å²) < 4.78 is 10.6. The molecule has 0 saturated carbocycles. The Balaban J connectivity index is 1.66. The highest BCUT2D eigenvalue weighted by atomic mass is 16.5. The summed E-state index contributed by atoms with van der Waals surface area (Å²) in [5, 5.41) is 5.95. The predicted molar refractivity (Wildman–Crippen MR) is 107 cm³/mol. The van der Waals surface area contributed by atoms with E-state index in [9.17, 15) is 4.79 Å². The monoisotopic (exact) mass is 378 g/mol. The van der Waals surface area contributed by atoms with E-state index in [4.69, 9.17) is 9.47 Å². The van der Waals surface area contributed by atoms with Crippen LogP contribution in [0.4, 0.5) is 11.6 Å². The molecule has 7 heteroatoms. The zero-order chi connectivity index (χ0) is 19.8. The van der Waals surface area contributed by atoms with E-state index in [-0.39, 0.29) is 11.6 Å². The first-order valence-corrected chi connectivity index (χ1v) is 8.84. The van der Waals surface area contributed by atoms with Gasteiger partial charge in [0.1, 0.15) is 17.2 Å². The number of amides is 1. The van der Waals surface area contributed by atoms with Gasteiger partial charge < -0.3 is 20.1 Å². The van der Waals surface area contributed by atoms with E-state index in [1.54, 1.807) is 38.5 Å². The molecule has 0 aliphatic rings. The lowest BCUT2D eigenvalue weighted by Crippen LogP contribution is -2.26. The Morgan fingerprint density at radius 3 is 2.61 bits per heavy atom. The van der Waals surface area contributed by atoms with E-state index in [1.165, 1.54) is 6.20 Å². The molecule has 0 spiro atoms. The average Bonchev–Trinajstić information content (AvgIpc) is 2.74. The summed E-state index contributed by atoms with van der Waals surface area (Å²) in [4.78, 5) is 20.9. The number of aromatic nitrogens is 2. The van der Waals surface area contributed by atoms with Crippen molar-refractivity contribution in [2.75, 3.05) is 26.1 Å². The van der Waals surface area contributed by atoms with Crippen molar-refractivity contribution in [3.63, 3.8) is 0 Å². The first kappa shape index (κ1) is 19.2. The minimum atomic E-state index is -0.251. The van der Waals surface area contributed by atoms with Crippen LogP contribution in [0.3, 0.4) is 0 Å². The lowest BCUT2D eigenvalue weighted by Gasteiger charge is -2.12. The Hall–Kier alpha value is -3.61. The van der Waals surface area contributed by atoms with Crippen molar-refractivity contribution in [2.24, 2.45) is 0 Å². The van der Waals surface area contributed by atoms with Crippen LogP contribution in [0.1, 0.15) is 16.1 Å². The third-order valence-corrected chi connectivity index (χ3v) is 4.08. The fraction of sp³-hybridized carbons (Fsp3) is 0.190. The van der Waals surface area contributed by atoms with Gasteiger partial charge in [-0.2, -0.15) is 0 Å². The van der Waals surface area contributed by atoms with Crippen LogP contribution in [0.5, 0.6) is 11.5 Å². The van der Waals surface area contributed by atoms with Crippen molar-refractivity contribution in [1.82, 2.24) is 15.3 Å². The zero-order valence-corrected chi connectivity index (χ0v) is 15.8. The molecule has 3 aromatic rings. The Labute approximate surface area is 163 Å². The van der Waals surface area contributed by atoms with E-state index in [0.717, 1.165) is 12.0 Å². The molecule has 0 aliphatic carbocycles. The number of methoxy groups -OCH3 is 2. The number of anilines is 2. The van der Waals surface area contributed by atoms with Gasteiger partial charge in [-0.3, -0.25) is 4.79 Å². The van der Waals surface area contributed by atoms with Crippen molar-refractivity contribution in [3.05, 3.63) is 72.1 Å². The van der Waals surface area contributed by atoms with Crippen molar-refractivity contribution in [1.29, 1.82) is 0 Å². The van der Waals surface area contributed by atoms with Crippen molar-refractivity contribution in [3.8, 4) is 11.5 Å². The van der Waals surface area contributed by atoms with Crippen LogP contribution in [0, 0.1) is 0 Å². The standard InChI is InChI=1S/C21H22N4O3/c1-27-16-8-9-19(28-2)18(14-16)25-21-23-13-11-17(24-21)20(26)22-12-10-15-6-4-3-5-7-15/h3-9,11,13-14H,10,12H2,1-2H3,(H,22,26)(H,23,24,25). The Kier molecular flexibility index (Phi) is 6.41. The molecule has 3 rings (SSSR count). The zero-order valence-electron chi connectivity index (χ0n) is 15.8. The van der Waals surface area contributed by atoms with Crippen molar-refractivity contribution in [2.45, 2.75) is 6.42 Å². The summed E-state index contributed by atoms with van der Waals surface area (Å²) in [6, 6.07) is 16.9. The minimum absolute atomic E-state index is 0.251. The largest absolute Gasteiger partial charge is 0.497 e. The van der Waals surface area contributed by atoms with Crippen LogP contribution in [0.15, 0.2) is 60.8 Å². The number of hydrogen-bond donors (Lipinski definition) is 2. The topological polar surface area (TPSA) is 85.4 Å². The summed E-state index contributed by atoms with van der Waals surface area (Å²) in [7, 11) is 3.16. The third kappa shape index (κ3) is 4.97. The molecule has 0 fully saturated rings. The number of benzene rings is 2. The Morgan fingerprint density at radius 2 is 1.86 bits per heavy atom. The Bertz CT molecular complexity index is 932. The molecule has 2 aromatic carbocycles. The van der Waals surface area contributed by atoms with Crippen LogP contribution in [0.25, 0.3) is 0 Å². The summed E-state index contributed by atoms with van der Waals surface area (Å²) in [6.45, 7) is 0.527. The quantitative estimate of drug-likeness (QED) is 0.626. The van der Waals surface area contributed by atoms with E-state index in [2.05, 4.69) is 20.6 Å². The molecule has 7 nitrogen and oxygen atoms in total. The summed E-state index contributed by atoms with van der Waals surface area (Å²) in [5.74, 6) is 1.32. The molecule has 0 unspecified atom stereocenters. The minimum Gasteiger partial charge on any atom is -0.497 e. The van der Waals surface area contributed by atoms with Gasteiger partial charge in [-0.15, -0.1) is 0 Å².